The zero-order valence-electron chi connectivity index (χ0n) is 16.4. The Balaban J connectivity index is 1.95. The van der Waals surface area contributed by atoms with Crippen LogP contribution < -0.4 is 5.32 Å². The zero-order chi connectivity index (χ0) is 21.0. The second-order valence-corrected chi connectivity index (χ2v) is 7.32. The molecule has 0 aliphatic heterocycles. The van der Waals surface area contributed by atoms with Gasteiger partial charge in [-0.15, -0.1) is 0 Å². The van der Waals surface area contributed by atoms with Crippen LogP contribution in [0.15, 0.2) is 54.7 Å². The number of rotatable bonds is 7. The molecular formula is C22H24F3N3O. The van der Waals surface area contributed by atoms with Crippen molar-refractivity contribution in [2.45, 2.75) is 18.5 Å². The van der Waals surface area contributed by atoms with E-state index >= 15 is 0 Å². The Bertz CT molecular complexity index is 979. The number of aromatic amines is 1. The Labute approximate surface area is 167 Å². The van der Waals surface area contributed by atoms with Gasteiger partial charge in [-0.1, -0.05) is 36.4 Å². The first-order valence-corrected chi connectivity index (χ1v) is 9.40. The van der Waals surface area contributed by atoms with Gasteiger partial charge in [0.15, 0.2) is 0 Å². The average Bonchev–Trinajstić information content (AvgIpc) is 3.09. The Morgan fingerprint density at radius 2 is 1.90 bits per heavy atom. The van der Waals surface area contributed by atoms with E-state index in [2.05, 4.69) is 10.3 Å². The number of hydrogen-bond acceptors (Lipinski definition) is 2. The highest BCUT2D eigenvalue weighted by atomic mass is 19.4. The molecule has 1 aromatic heterocycles. The first-order chi connectivity index (χ1) is 13.8. The van der Waals surface area contributed by atoms with Crippen molar-refractivity contribution < 1.29 is 18.0 Å². The maximum absolute atomic E-state index is 13.2. The lowest BCUT2D eigenvalue weighted by Gasteiger charge is -2.19. The molecule has 1 heterocycles. The highest BCUT2D eigenvalue weighted by molar-refractivity contribution is 5.86. The fraction of sp³-hybridized carbons (Fsp3) is 0.318. The summed E-state index contributed by atoms with van der Waals surface area (Å²) >= 11 is 0. The lowest BCUT2D eigenvalue weighted by molar-refractivity contribution is -0.137. The van der Waals surface area contributed by atoms with Crippen LogP contribution in [0.1, 0.15) is 29.0 Å². The van der Waals surface area contributed by atoms with Crippen LogP contribution in [0.5, 0.6) is 0 Å². The van der Waals surface area contributed by atoms with E-state index in [9.17, 15) is 18.0 Å². The minimum atomic E-state index is -4.44. The van der Waals surface area contributed by atoms with Crippen LogP contribution in [0.2, 0.25) is 0 Å². The first-order valence-electron chi connectivity index (χ1n) is 9.40. The maximum atomic E-state index is 13.2. The van der Waals surface area contributed by atoms with Crippen molar-refractivity contribution in [1.82, 2.24) is 15.2 Å². The average molecular weight is 403 g/mol. The number of fused-ring (bicyclic) bond motifs is 1. The van der Waals surface area contributed by atoms with E-state index in [0.717, 1.165) is 28.6 Å². The smallest absolute Gasteiger partial charge is 0.361 e. The summed E-state index contributed by atoms with van der Waals surface area (Å²) in [5.41, 5.74) is 1.44. The lowest BCUT2D eigenvalue weighted by atomic mass is 9.87. The van der Waals surface area contributed by atoms with E-state index in [1.807, 2.05) is 43.3 Å². The molecule has 0 aliphatic rings. The summed E-state index contributed by atoms with van der Waals surface area (Å²) in [5.74, 6) is -0.688. The monoisotopic (exact) mass is 403 g/mol. The summed E-state index contributed by atoms with van der Waals surface area (Å²) in [6.07, 6.45) is -2.59. The lowest BCUT2D eigenvalue weighted by Crippen LogP contribution is -2.32. The van der Waals surface area contributed by atoms with Crippen molar-refractivity contribution in [1.29, 1.82) is 0 Å². The van der Waals surface area contributed by atoms with Crippen LogP contribution in [0.4, 0.5) is 13.2 Å². The number of amides is 1. The number of nitrogens with one attached hydrogen (secondary N) is 2. The molecule has 0 saturated carbocycles. The van der Waals surface area contributed by atoms with E-state index in [-0.39, 0.29) is 12.3 Å². The summed E-state index contributed by atoms with van der Waals surface area (Å²) in [6.45, 7) is 1.17. The van der Waals surface area contributed by atoms with Gasteiger partial charge >= 0.3 is 6.18 Å². The summed E-state index contributed by atoms with van der Waals surface area (Å²) in [6, 6.07) is 12.8. The third-order valence-corrected chi connectivity index (χ3v) is 4.88. The van der Waals surface area contributed by atoms with Crippen LogP contribution in [0.3, 0.4) is 0 Å². The molecule has 0 aliphatic carbocycles. The molecule has 0 bridgehead atoms. The van der Waals surface area contributed by atoms with Gasteiger partial charge in [0, 0.05) is 42.5 Å². The van der Waals surface area contributed by atoms with Crippen molar-refractivity contribution in [3.8, 4) is 0 Å². The summed E-state index contributed by atoms with van der Waals surface area (Å²) in [4.78, 5) is 17.7. The fourth-order valence-electron chi connectivity index (χ4n) is 3.40. The van der Waals surface area contributed by atoms with Crippen molar-refractivity contribution in [3.05, 3.63) is 71.4 Å². The van der Waals surface area contributed by atoms with E-state index in [4.69, 9.17) is 0 Å². The third-order valence-electron chi connectivity index (χ3n) is 4.88. The van der Waals surface area contributed by atoms with E-state index in [0.29, 0.717) is 18.7 Å². The SMILES string of the molecule is CN(C)CCNC(=O)C[C@H](c1cccc(C(F)(F)F)c1)c1c[nH]c2ccccc12. The van der Waals surface area contributed by atoms with Gasteiger partial charge in [0.1, 0.15) is 0 Å². The number of hydrogen-bond donors (Lipinski definition) is 2. The molecule has 7 heteroatoms. The predicted molar refractivity (Wildman–Crippen MR) is 108 cm³/mol. The maximum Gasteiger partial charge on any atom is 0.416 e. The Morgan fingerprint density at radius 1 is 1.14 bits per heavy atom. The van der Waals surface area contributed by atoms with Gasteiger partial charge in [-0.2, -0.15) is 13.2 Å². The molecule has 0 radical (unpaired) electrons. The molecule has 0 unspecified atom stereocenters. The topological polar surface area (TPSA) is 48.1 Å². The molecule has 0 spiro atoms. The van der Waals surface area contributed by atoms with E-state index in [1.54, 1.807) is 12.3 Å². The summed E-state index contributed by atoms with van der Waals surface area (Å²) < 4.78 is 39.7. The van der Waals surface area contributed by atoms with Gasteiger partial charge in [0.2, 0.25) is 5.91 Å². The molecule has 154 valence electrons. The number of carbonyl (C=O) groups excluding carboxylic acids is 1. The standard InChI is InChI=1S/C22H24F3N3O/c1-28(2)11-10-26-21(29)13-18(15-6-5-7-16(12-15)22(23,24)25)19-14-27-20-9-4-3-8-17(19)20/h3-9,12,14,18,27H,10-11,13H2,1-2H3,(H,26,29)/t18-/m1/s1. The van der Waals surface area contributed by atoms with Crippen molar-refractivity contribution >= 4 is 16.8 Å². The fourth-order valence-corrected chi connectivity index (χ4v) is 3.40. The van der Waals surface area contributed by atoms with Crippen LogP contribution >= 0.6 is 0 Å². The van der Waals surface area contributed by atoms with Gasteiger partial charge in [0.05, 0.1) is 5.56 Å². The van der Waals surface area contributed by atoms with Gasteiger partial charge in [-0.05, 0) is 37.4 Å². The highest BCUT2D eigenvalue weighted by Crippen LogP contribution is 2.36. The van der Waals surface area contributed by atoms with Crippen molar-refractivity contribution in [3.63, 3.8) is 0 Å². The molecule has 29 heavy (non-hydrogen) atoms. The van der Waals surface area contributed by atoms with Crippen molar-refractivity contribution in [2.24, 2.45) is 0 Å². The number of H-pyrrole nitrogens is 1. The van der Waals surface area contributed by atoms with Gasteiger partial charge in [-0.25, -0.2) is 0 Å². The van der Waals surface area contributed by atoms with Crippen LogP contribution in [0.25, 0.3) is 10.9 Å². The number of nitrogens with zero attached hydrogens (tertiary/aromatic N) is 1. The van der Waals surface area contributed by atoms with Gasteiger partial charge in [-0.3, -0.25) is 4.79 Å². The van der Waals surface area contributed by atoms with E-state index in [1.165, 1.54) is 6.07 Å². The highest BCUT2D eigenvalue weighted by Gasteiger charge is 2.31. The van der Waals surface area contributed by atoms with Gasteiger partial charge in [0.25, 0.3) is 0 Å². The number of benzene rings is 2. The largest absolute Gasteiger partial charge is 0.416 e. The number of carbonyl (C=O) groups is 1. The normalized spacial score (nSPS) is 13.0. The molecule has 2 aromatic carbocycles. The Morgan fingerprint density at radius 3 is 2.62 bits per heavy atom. The molecule has 3 rings (SSSR count). The minimum Gasteiger partial charge on any atom is -0.361 e. The van der Waals surface area contributed by atoms with Crippen LogP contribution in [0, 0.1) is 0 Å². The number of alkyl halides is 3. The number of halogens is 3. The summed E-state index contributed by atoms with van der Waals surface area (Å²) in [5, 5.41) is 3.76. The third kappa shape index (κ3) is 5.17. The summed E-state index contributed by atoms with van der Waals surface area (Å²) in [7, 11) is 3.81. The minimum absolute atomic E-state index is 0.0661. The molecule has 0 saturated heterocycles. The number of para-hydroxylation sites is 1. The Hall–Kier alpha value is -2.80. The second-order valence-electron chi connectivity index (χ2n) is 7.32. The quantitative estimate of drug-likeness (QED) is 0.615. The molecular weight excluding hydrogens is 379 g/mol. The molecule has 3 aromatic rings. The van der Waals surface area contributed by atoms with Crippen molar-refractivity contribution in [2.75, 3.05) is 27.2 Å². The molecule has 1 amide bonds. The van der Waals surface area contributed by atoms with Crippen LogP contribution in [-0.2, 0) is 11.0 Å². The molecule has 0 fully saturated rings. The molecule has 2 N–H and O–H groups in total. The zero-order valence-corrected chi connectivity index (χ0v) is 16.4. The molecule has 1 atom stereocenters. The van der Waals surface area contributed by atoms with E-state index < -0.39 is 17.7 Å². The Kier molecular flexibility index (Phi) is 6.27. The predicted octanol–water partition coefficient (Wildman–Crippen LogP) is 4.39. The first kappa shape index (κ1) is 20.9. The van der Waals surface area contributed by atoms with Gasteiger partial charge < -0.3 is 15.2 Å². The number of aromatic nitrogens is 1. The number of likely N-dealkylation sites (N-methyl/N-ethyl adjacent to an activating group) is 1. The molecule has 4 nitrogen and oxygen atoms in total. The second kappa shape index (κ2) is 8.69. The van der Waals surface area contributed by atoms with Crippen LogP contribution in [-0.4, -0.2) is 43.0 Å².